The van der Waals surface area contributed by atoms with Gasteiger partial charge < -0.3 is 5.32 Å². The van der Waals surface area contributed by atoms with E-state index in [1.807, 2.05) is 0 Å². The molecule has 1 heterocycles. The Morgan fingerprint density at radius 3 is 2.50 bits per heavy atom. The van der Waals surface area contributed by atoms with Gasteiger partial charge in [-0.1, -0.05) is 24.1 Å². The third kappa shape index (κ3) is 4.32. The van der Waals surface area contributed by atoms with E-state index in [1.165, 1.54) is 40.7 Å². The number of nitro benzene ring substituents is 1. The number of carbonyl (C=O) groups excluding carboxylic acids is 1. The molecule has 1 amide bonds. The minimum Gasteiger partial charge on any atom is -0.322 e. The molecule has 2 aromatic rings. The van der Waals surface area contributed by atoms with Crippen LogP contribution in [0.2, 0.25) is 5.02 Å². The number of rotatable bonds is 5. The molecule has 148 valence electrons. The maximum Gasteiger partial charge on any atom is 0.283 e. The van der Waals surface area contributed by atoms with Crippen molar-refractivity contribution in [1.82, 2.24) is 4.31 Å². The molecule has 1 aliphatic heterocycles. The Hall–Kier alpha value is -2.49. The molecule has 1 saturated heterocycles. The van der Waals surface area contributed by atoms with Crippen molar-refractivity contribution in [3.63, 3.8) is 0 Å². The van der Waals surface area contributed by atoms with Crippen LogP contribution in [-0.4, -0.2) is 36.6 Å². The Morgan fingerprint density at radius 1 is 1.11 bits per heavy atom. The van der Waals surface area contributed by atoms with E-state index < -0.39 is 26.5 Å². The summed E-state index contributed by atoms with van der Waals surface area (Å²) in [6.45, 7) is 0.936. The maximum absolute atomic E-state index is 12.8. The highest BCUT2D eigenvalue weighted by Gasteiger charge is 2.26. The smallest absolute Gasteiger partial charge is 0.283 e. The van der Waals surface area contributed by atoms with Gasteiger partial charge in [-0.3, -0.25) is 14.9 Å². The molecule has 0 atom stereocenters. The first kappa shape index (κ1) is 20.2. The van der Waals surface area contributed by atoms with Crippen LogP contribution < -0.4 is 5.32 Å². The predicted octanol–water partition coefficient (Wildman–Crippen LogP) is 3.68. The van der Waals surface area contributed by atoms with Gasteiger partial charge in [-0.2, -0.15) is 4.31 Å². The Balaban J connectivity index is 1.85. The maximum atomic E-state index is 12.8. The number of hydrogen-bond donors (Lipinski definition) is 1. The average molecular weight is 424 g/mol. The lowest BCUT2D eigenvalue weighted by molar-refractivity contribution is -0.385. The van der Waals surface area contributed by atoms with Crippen LogP contribution in [0.1, 0.15) is 29.6 Å². The summed E-state index contributed by atoms with van der Waals surface area (Å²) in [5.74, 6) is -0.726. The lowest BCUT2D eigenvalue weighted by Gasteiger charge is -2.26. The molecular formula is C18H18ClN3O5S. The lowest BCUT2D eigenvalue weighted by Crippen LogP contribution is -2.35. The molecule has 0 radical (unpaired) electrons. The van der Waals surface area contributed by atoms with Crippen LogP contribution in [-0.2, 0) is 10.0 Å². The Labute approximate surface area is 167 Å². The van der Waals surface area contributed by atoms with Crippen LogP contribution in [0.25, 0.3) is 0 Å². The number of sulfonamides is 1. The van der Waals surface area contributed by atoms with Gasteiger partial charge in [0.1, 0.15) is 5.56 Å². The van der Waals surface area contributed by atoms with Crippen molar-refractivity contribution < 1.29 is 18.1 Å². The van der Waals surface area contributed by atoms with E-state index in [9.17, 15) is 23.3 Å². The number of hydrogen-bond acceptors (Lipinski definition) is 5. The summed E-state index contributed by atoms with van der Waals surface area (Å²) in [4.78, 5) is 23.0. The molecule has 28 heavy (non-hydrogen) atoms. The van der Waals surface area contributed by atoms with E-state index in [1.54, 1.807) is 0 Å². The van der Waals surface area contributed by atoms with Crippen LogP contribution in [0.15, 0.2) is 47.4 Å². The predicted molar refractivity (Wildman–Crippen MR) is 105 cm³/mol. The summed E-state index contributed by atoms with van der Waals surface area (Å²) in [6, 6.07) is 9.57. The largest absolute Gasteiger partial charge is 0.322 e. The normalized spacial score (nSPS) is 15.2. The van der Waals surface area contributed by atoms with Crippen molar-refractivity contribution in [3.8, 4) is 0 Å². The highest BCUT2D eigenvalue weighted by atomic mass is 35.5. The second kappa shape index (κ2) is 8.26. The highest BCUT2D eigenvalue weighted by Crippen LogP contribution is 2.26. The first-order chi connectivity index (χ1) is 13.3. The van der Waals surface area contributed by atoms with Crippen LogP contribution in [0.5, 0.6) is 0 Å². The van der Waals surface area contributed by atoms with Gasteiger partial charge in [0.05, 0.1) is 9.82 Å². The zero-order chi connectivity index (χ0) is 20.3. The van der Waals surface area contributed by atoms with Crippen molar-refractivity contribution >= 4 is 38.9 Å². The molecule has 3 rings (SSSR count). The number of nitrogens with zero attached hydrogens (tertiary/aromatic N) is 2. The fourth-order valence-corrected chi connectivity index (χ4v) is 4.76. The van der Waals surface area contributed by atoms with Crippen molar-refractivity contribution in [2.45, 2.75) is 24.2 Å². The van der Waals surface area contributed by atoms with Gasteiger partial charge in [0, 0.05) is 29.9 Å². The summed E-state index contributed by atoms with van der Waals surface area (Å²) in [5.41, 5.74) is -0.367. The zero-order valence-corrected chi connectivity index (χ0v) is 16.4. The Kier molecular flexibility index (Phi) is 5.97. The van der Waals surface area contributed by atoms with Gasteiger partial charge in [0.25, 0.3) is 11.6 Å². The van der Waals surface area contributed by atoms with Gasteiger partial charge in [-0.05, 0) is 43.2 Å². The Morgan fingerprint density at radius 2 is 1.82 bits per heavy atom. The average Bonchev–Trinajstić information content (AvgIpc) is 2.68. The van der Waals surface area contributed by atoms with Crippen molar-refractivity contribution in [1.29, 1.82) is 0 Å². The number of carbonyl (C=O) groups is 1. The van der Waals surface area contributed by atoms with Crippen LogP contribution in [0, 0.1) is 10.1 Å². The second-order valence-electron chi connectivity index (χ2n) is 6.37. The third-order valence-corrected chi connectivity index (χ3v) is 6.58. The molecule has 8 nitrogen and oxygen atoms in total. The van der Waals surface area contributed by atoms with Crippen LogP contribution >= 0.6 is 11.6 Å². The summed E-state index contributed by atoms with van der Waals surface area (Å²) in [5, 5.41) is 13.8. The fraction of sp³-hybridized carbons (Fsp3) is 0.278. The molecule has 0 saturated carbocycles. The molecule has 1 fully saturated rings. The summed E-state index contributed by atoms with van der Waals surface area (Å²) >= 11 is 5.76. The first-order valence-electron chi connectivity index (χ1n) is 8.64. The van der Waals surface area contributed by atoms with Gasteiger partial charge >= 0.3 is 0 Å². The van der Waals surface area contributed by atoms with Gasteiger partial charge in [-0.25, -0.2) is 8.42 Å². The summed E-state index contributed by atoms with van der Waals surface area (Å²) in [6.07, 6.45) is 2.63. The van der Waals surface area contributed by atoms with E-state index in [0.29, 0.717) is 13.1 Å². The number of benzene rings is 2. The first-order valence-corrected chi connectivity index (χ1v) is 10.5. The van der Waals surface area contributed by atoms with Crippen molar-refractivity contribution in [3.05, 3.63) is 63.2 Å². The number of nitro groups is 1. The minimum atomic E-state index is -3.66. The lowest BCUT2D eigenvalue weighted by atomic mass is 10.1. The topological polar surface area (TPSA) is 110 Å². The van der Waals surface area contributed by atoms with E-state index in [4.69, 9.17) is 11.6 Å². The number of halogens is 1. The zero-order valence-electron chi connectivity index (χ0n) is 14.8. The van der Waals surface area contributed by atoms with Gasteiger partial charge in [0.15, 0.2) is 0 Å². The van der Waals surface area contributed by atoms with Crippen LogP contribution in [0.3, 0.4) is 0 Å². The molecule has 0 spiro atoms. The van der Waals surface area contributed by atoms with E-state index in [2.05, 4.69) is 5.32 Å². The minimum absolute atomic E-state index is 0.0674. The van der Waals surface area contributed by atoms with E-state index >= 15 is 0 Å². The SMILES string of the molecule is O=C(Nc1cccc(S(=O)(=O)N2CCCCC2)c1)c1ccc(Cl)cc1[N+](=O)[O-]. The van der Waals surface area contributed by atoms with Gasteiger partial charge in [-0.15, -0.1) is 0 Å². The molecule has 0 bridgehead atoms. The second-order valence-corrected chi connectivity index (χ2v) is 8.74. The molecule has 0 unspecified atom stereocenters. The molecular weight excluding hydrogens is 406 g/mol. The summed E-state index contributed by atoms with van der Waals surface area (Å²) in [7, 11) is -3.66. The van der Waals surface area contributed by atoms with Crippen molar-refractivity contribution in [2.24, 2.45) is 0 Å². The fourth-order valence-electron chi connectivity index (χ4n) is 3.03. The standard InChI is InChI=1S/C18H18ClN3O5S/c19-13-7-8-16(17(11-13)22(24)25)18(23)20-14-5-4-6-15(12-14)28(26,27)21-9-2-1-3-10-21/h4-8,11-12H,1-3,9-10H2,(H,20,23). The quantitative estimate of drug-likeness (QED) is 0.582. The molecule has 1 aliphatic rings. The molecule has 0 aromatic heterocycles. The molecule has 1 N–H and O–H groups in total. The van der Waals surface area contributed by atoms with E-state index in [0.717, 1.165) is 25.3 Å². The van der Waals surface area contributed by atoms with E-state index in [-0.39, 0.29) is 21.2 Å². The number of amides is 1. The van der Waals surface area contributed by atoms with Crippen molar-refractivity contribution in [2.75, 3.05) is 18.4 Å². The summed E-state index contributed by atoms with van der Waals surface area (Å²) < 4.78 is 27.0. The third-order valence-electron chi connectivity index (χ3n) is 4.45. The molecule has 2 aromatic carbocycles. The van der Waals surface area contributed by atoms with Crippen LogP contribution in [0.4, 0.5) is 11.4 Å². The number of piperidine rings is 1. The highest BCUT2D eigenvalue weighted by molar-refractivity contribution is 7.89. The van der Waals surface area contributed by atoms with Gasteiger partial charge in [0.2, 0.25) is 10.0 Å². The number of anilines is 1. The monoisotopic (exact) mass is 423 g/mol. The number of nitrogens with one attached hydrogen (secondary N) is 1. The molecule has 0 aliphatic carbocycles. The molecule has 10 heteroatoms. The Bertz CT molecular complexity index is 1020.